The van der Waals surface area contributed by atoms with Gasteiger partial charge in [-0.2, -0.15) is 13.2 Å². The highest BCUT2D eigenvalue weighted by molar-refractivity contribution is 7.73. The topological polar surface area (TPSA) is 659 Å². The van der Waals surface area contributed by atoms with Crippen molar-refractivity contribution in [1.82, 2.24) is 73.9 Å². The standard InChI is InChI=1S/C23H35F3N3O7P.3C17H28N3O6P.C17H28N3O5PS/c1-22(2,3)9-14(30)12-28(20(34)23(24,25)26)10-13-11-29(21(35)27-18(13)33)19-17(32)16(31)15(36-19)7-8-37(4,5)6;3*1-10(21)7-18-8-11-9-20(17(25)19-15(11)24)16-14(23)13(22)12(26-16)5-6-27(2,3)4;1-10(21)7-18-8-11-9-20(17(27)19-15(11)24)16-14(23)13(22)12(25-16)5-6-26(2,3)4/h11,15-17,19,31-32H,4,7-10,12H2,1-3,5-6H3,(H,27,33,35);3*9,12-14,16,18,22-23H,2,5-8H2,1,3-4H3,(H,19,24,25);9,12-14,16,18,22-23H,2,5-8H2,1,3-4H3,(H,19,24,27)/t15-,16-,17-,19-;4*12-,13-,14-,16-/m11111/s1. The first-order chi connectivity index (χ1) is 66.7. The van der Waals surface area contributed by atoms with Crippen LogP contribution in [-0.4, -0.2) is 398 Å². The van der Waals surface area contributed by atoms with Crippen molar-refractivity contribution in [1.29, 1.82) is 0 Å². The molecule has 0 radical (unpaired) electrons. The third-order valence-electron chi connectivity index (χ3n) is 23.1. The molecule has 5 saturated heterocycles. The van der Waals surface area contributed by atoms with E-state index in [2.05, 4.69) is 126 Å². The summed E-state index contributed by atoms with van der Waals surface area (Å²) >= 11 is 5.20. The predicted molar refractivity (Wildman–Crippen MR) is 558 cm³/mol. The van der Waals surface area contributed by atoms with Gasteiger partial charge < -0.3 is 101 Å². The number of amides is 1. The van der Waals surface area contributed by atoms with E-state index in [1.165, 1.54) is 57.0 Å². The highest BCUT2D eigenvalue weighted by Gasteiger charge is 2.50. The van der Waals surface area contributed by atoms with E-state index in [-0.39, 0.29) is 114 Å². The molecule has 5 aliphatic heterocycles. The van der Waals surface area contributed by atoms with E-state index >= 15 is 0 Å². The molecule has 5 fully saturated rings. The van der Waals surface area contributed by atoms with Gasteiger partial charge in [0.15, 0.2) is 41.7 Å². The molecule has 45 nitrogen and oxygen atoms in total. The molecule has 5 aliphatic rings. The molecule has 1 amide bonds. The Morgan fingerprint density at radius 1 is 0.366 bits per heavy atom. The van der Waals surface area contributed by atoms with Gasteiger partial charge in [0.1, 0.15) is 84.2 Å². The van der Waals surface area contributed by atoms with Crippen LogP contribution in [0.1, 0.15) is 146 Å². The maximum atomic E-state index is 13.2. The normalized spacial score (nSPS) is 24.9. The zero-order valence-electron chi connectivity index (χ0n) is 84.9. The van der Waals surface area contributed by atoms with Crippen molar-refractivity contribution in [2.24, 2.45) is 5.41 Å². The van der Waals surface area contributed by atoms with E-state index in [0.717, 1.165) is 49.1 Å². The van der Waals surface area contributed by atoms with Gasteiger partial charge in [0.05, 0.1) is 75.4 Å². The molecule has 19 N–H and O–H groups in total. The van der Waals surface area contributed by atoms with Gasteiger partial charge in [0.2, 0.25) is 0 Å². The van der Waals surface area contributed by atoms with Gasteiger partial charge in [-0.3, -0.25) is 100 Å². The number of aromatic amines is 5. The number of hydrogen-bond donors (Lipinski definition) is 19. The Labute approximate surface area is 840 Å². The second-order valence-corrected chi connectivity index (χ2v) is 63.7. The zero-order valence-corrected chi connectivity index (χ0v) is 90.2. The molecule has 0 aromatic carbocycles. The lowest BCUT2D eigenvalue weighted by molar-refractivity contribution is -0.186. The van der Waals surface area contributed by atoms with E-state index in [1.54, 1.807) is 20.8 Å². The highest BCUT2D eigenvalue weighted by atomic mass is 32.1. The minimum absolute atomic E-state index is 0.0455. The molecule has 0 saturated carbocycles. The number of ether oxygens (including phenoxy) is 5. The fraction of sp³-hybridized carbons (Fsp3) is 0.659. The second-order valence-electron chi connectivity index (χ2n) is 41.7. The molecule has 5 aromatic rings. The minimum Gasteiger partial charge on any atom is -0.388 e. The molecule has 10 rings (SSSR count). The van der Waals surface area contributed by atoms with Crippen molar-refractivity contribution in [3.05, 3.63) is 157 Å². The average Bonchev–Trinajstić information content (AvgIpc) is 1.69. The van der Waals surface area contributed by atoms with Crippen LogP contribution < -0.4 is 71.8 Å². The molecular formula is C91H147F3N15O30P5S. The lowest BCUT2D eigenvalue weighted by Gasteiger charge is -2.25. The van der Waals surface area contributed by atoms with Gasteiger partial charge in [-0.15, -0.1) is 65.9 Å². The van der Waals surface area contributed by atoms with Gasteiger partial charge >= 0.3 is 34.8 Å². The number of nitrogens with zero attached hydrogens (tertiary/aromatic N) is 6. The van der Waals surface area contributed by atoms with Crippen LogP contribution in [0, 0.1) is 10.2 Å². The van der Waals surface area contributed by atoms with Gasteiger partial charge in [0.25, 0.3) is 27.8 Å². The summed E-state index contributed by atoms with van der Waals surface area (Å²) in [5, 5.41) is 115. The van der Waals surface area contributed by atoms with Crippen LogP contribution in [0.25, 0.3) is 0 Å². The number of rotatable bonds is 41. The minimum atomic E-state index is -5.31. The Hall–Kier alpha value is -7.83. The number of H-pyrrole nitrogens is 5. The SMILES string of the molecule is C=P(C)(C)CC[C@H]1O[C@@H](n2cc(CN(CC(=O)CC(C)(C)C)C(=O)C(F)(F)F)c(=O)[nH]c2=O)[C@H](O)[C@@H]1O.C=P(C)(C)CC[C@H]1O[C@@H](n2cc(CNCC(C)=O)c(=O)[nH]c2=O)[C@H](O)[C@@H]1O.C=P(C)(C)CC[C@H]1O[C@@H](n2cc(CNCC(C)=O)c(=O)[nH]c2=O)[C@H](O)[C@@H]1O.C=P(C)(C)CC[C@H]1O[C@@H](n2cc(CNCC(C)=O)c(=O)[nH]c2=O)[C@H](O)[C@@H]1O.C=P(C)(C)CC[C@H]1O[C@@H](n2cc(CNCC(C)=O)c(=O)[nH]c2=S)[C@H](O)[C@@H]1O. The van der Waals surface area contributed by atoms with Crippen molar-refractivity contribution in [2.45, 2.75) is 249 Å². The molecule has 818 valence electrons. The fourth-order valence-corrected chi connectivity index (χ4v) is 20.5. The van der Waals surface area contributed by atoms with Crippen LogP contribution in [0.4, 0.5) is 13.2 Å². The number of alkyl halides is 3. The number of hydrogen-bond acceptors (Lipinski definition) is 35. The highest BCUT2D eigenvalue weighted by Crippen LogP contribution is 2.45. The molecule has 54 heteroatoms. The first kappa shape index (κ1) is 126. The van der Waals surface area contributed by atoms with Crippen LogP contribution in [-0.2, 0) is 85.2 Å². The van der Waals surface area contributed by atoms with Crippen LogP contribution in [0.15, 0.2) is 74.1 Å². The third-order valence-corrected chi connectivity index (χ3v) is 30.8. The van der Waals surface area contributed by atoms with Crippen LogP contribution in [0.3, 0.4) is 0 Å². The number of carbonyl (C=O) groups is 6. The number of aliphatic hydroxyl groups is 10. The van der Waals surface area contributed by atoms with Crippen molar-refractivity contribution in [3.8, 4) is 0 Å². The van der Waals surface area contributed by atoms with E-state index < -0.39 is 244 Å². The first-order valence-corrected chi connectivity index (χ1v) is 62.2. The molecule has 0 aliphatic carbocycles. The molecule has 0 bridgehead atoms. The molecule has 0 unspecified atom stereocenters. The number of ketones is 5. The van der Waals surface area contributed by atoms with Crippen molar-refractivity contribution >= 4 is 113 Å². The molecule has 0 spiro atoms. The Kier molecular flexibility index (Phi) is 46.6. The van der Waals surface area contributed by atoms with Gasteiger partial charge in [-0.1, -0.05) is 20.8 Å². The largest absolute Gasteiger partial charge is 0.471 e. The Balaban J connectivity index is 0.000000279. The quantitative estimate of drug-likeness (QED) is 0.0152. The summed E-state index contributed by atoms with van der Waals surface area (Å²) in [6.07, 6.45) is 6.24. The number of Topliss-reactive ketones (excluding diaryl/α,β-unsaturated/α-hetero) is 5. The van der Waals surface area contributed by atoms with E-state index in [0.29, 0.717) is 43.8 Å². The third kappa shape index (κ3) is 39.5. The summed E-state index contributed by atoms with van der Waals surface area (Å²) in [5.74, 6) is -3.27. The summed E-state index contributed by atoms with van der Waals surface area (Å²) in [5.41, 5.74) is -6.44. The number of aliphatic hydroxyl groups excluding tert-OH is 10. The zero-order chi connectivity index (χ0) is 110. The molecule has 145 heavy (non-hydrogen) atoms. The van der Waals surface area contributed by atoms with Gasteiger partial charge in [0, 0.05) is 85.8 Å². The average molecular weight is 2180 g/mol. The maximum absolute atomic E-state index is 13.2. The lowest BCUT2D eigenvalue weighted by atomic mass is 9.90. The summed E-state index contributed by atoms with van der Waals surface area (Å²) in [4.78, 5) is 189. The van der Waals surface area contributed by atoms with Crippen molar-refractivity contribution < 1.29 is 117 Å². The van der Waals surface area contributed by atoms with Crippen LogP contribution in [0.5, 0.6) is 0 Å². The number of nitrogens with one attached hydrogen (secondary N) is 9. The Bertz CT molecular complexity index is 5700. The summed E-state index contributed by atoms with van der Waals surface area (Å²) < 4.78 is 74.0. The molecular weight excluding hydrogens is 2030 g/mol. The fourth-order valence-electron chi connectivity index (χ4n) is 15.5. The first-order valence-electron chi connectivity index (χ1n) is 46.5. The molecule has 10 heterocycles. The number of halogens is 3. The van der Waals surface area contributed by atoms with E-state index in [9.17, 15) is 136 Å². The van der Waals surface area contributed by atoms with Crippen LogP contribution >= 0.6 is 46.6 Å². The van der Waals surface area contributed by atoms with E-state index in [1.807, 2.05) is 18.3 Å². The summed E-state index contributed by atoms with van der Waals surface area (Å²) in [7, 11) is 0. The second kappa shape index (κ2) is 53.7. The summed E-state index contributed by atoms with van der Waals surface area (Å²) in [6, 6.07) is 0. The van der Waals surface area contributed by atoms with Gasteiger partial charge in [-0.25, -0.2) is 19.2 Å². The number of aromatic nitrogens is 10. The lowest BCUT2D eigenvalue weighted by Crippen LogP contribution is -2.45. The number of carbonyl (C=O) groups excluding carboxylic acids is 6. The monoisotopic (exact) mass is 2170 g/mol. The van der Waals surface area contributed by atoms with E-state index in [4.69, 9.17) is 35.9 Å². The molecule has 5 aromatic heterocycles. The van der Waals surface area contributed by atoms with Crippen molar-refractivity contribution in [2.75, 3.05) is 130 Å². The molecule has 20 atom stereocenters. The van der Waals surface area contributed by atoms with Crippen LogP contribution in [0.2, 0.25) is 0 Å². The smallest absolute Gasteiger partial charge is 0.388 e. The Morgan fingerprint density at radius 3 is 0.786 bits per heavy atom. The summed E-state index contributed by atoms with van der Waals surface area (Å²) in [6.45, 7) is 23.5. The van der Waals surface area contributed by atoms with Crippen molar-refractivity contribution in [3.63, 3.8) is 0 Å². The predicted octanol–water partition coefficient (Wildman–Crippen LogP) is -1.74. The maximum Gasteiger partial charge on any atom is 0.471 e. The Morgan fingerprint density at radius 2 is 0.572 bits per heavy atom. The van der Waals surface area contributed by atoms with Gasteiger partial charge in [-0.05, 0) is 175 Å².